The fourth-order valence-corrected chi connectivity index (χ4v) is 2.15. The number of nitrogens with one attached hydrogen (secondary N) is 2. The molecule has 0 amide bonds. The lowest BCUT2D eigenvalue weighted by Crippen LogP contribution is -2.38. The molecule has 0 bridgehead atoms. The Balaban J connectivity index is 0.00000264. The van der Waals surface area contributed by atoms with Crippen molar-refractivity contribution in [3.05, 3.63) is 28.8 Å². The molecule has 0 unspecified atom stereocenters. The highest BCUT2D eigenvalue weighted by molar-refractivity contribution is 14.0. The van der Waals surface area contributed by atoms with Crippen LogP contribution < -0.4 is 15.4 Å². The summed E-state index contributed by atoms with van der Waals surface area (Å²) in [4.78, 5) is 4.40. The number of benzene rings is 1. The van der Waals surface area contributed by atoms with E-state index >= 15 is 0 Å². The molecule has 8 heteroatoms. The molecule has 2 N–H and O–H groups in total. The van der Waals surface area contributed by atoms with Gasteiger partial charge in [0.05, 0.1) is 6.54 Å². The van der Waals surface area contributed by atoms with Gasteiger partial charge < -0.3 is 15.4 Å². The molecule has 4 nitrogen and oxygen atoms in total. The molecule has 0 spiro atoms. The molecule has 0 aromatic heterocycles. The Hall–Kier alpha value is -0.830. The van der Waals surface area contributed by atoms with Gasteiger partial charge >= 0.3 is 6.61 Å². The first-order valence-corrected chi connectivity index (χ1v) is 7.71. The number of aliphatic imine (C=N–C) groups is 1. The number of alkyl halides is 2. The molecule has 0 saturated heterocycles. The molecule has 0 atom stereocenters. The maximum absolute atomic E-state index is 12.4. The van der Waals surface area contributed by atoms with Gasteiger partial charge in [0.25, 0.3) is 0 Å². The summed E-state index contributed by atoms with van der Waals surface area (Å²) in [5.74, 6) is 1.48. The van der Waals surface area contributed by atoms with Crippen LogP contribution in [0.1, 0.15) is 25.3 Å². The molecule has 2 rings (SSSR count). The second kappa shape index (κ2) is 10.1. The fourth-order valence-electron chi connectivity index (χ4n) is 1.95. The Labute approximate surface area is 157 Å². The van der Waals surface area contributed by atoms with E-state index in [2.05, 4.69) is 20.4 Å². The molecule has 1 aromatic carbocycles. The van der Waals surface area contributed by atoms with E-state index < -0.39 is 6.61 Å². The summed E-state index contributed by atoms with van der Waals surface area (Å²) in [7, 11) is 0. The largest absolute Gasteiger partial charge is 0.434 e. The minimum Gasteiger partial charge on any atom is -0.434 e. The number of hydrogen-bond donors (Lipinski definition) is 2. The fraction of sp³-hybridized carbons (Fsp3) is 0.533. The third-order valence-corrected chi connectivity index (χ3v) is 3.48. The Morgan fingerprint density at radius 2 is 2.13 bits per heavy atom. The van der Waals surface area contributed by atoms with Crippen molar-refractivity contribution in [3.8, 4) is 5.75 Å². The average molecular weight is 460 g/mol. The van der Waals surface area contributed by atoms with Crippen molar-refractivity contribution < 1.29 is 13.5 Å². The summed E-state index contributed by atoms with van der Waals surface area (Å²) in [5, 5.41) is 6.83. The summed E-state index contributed by atoms with van der Waals surface area (Å²) in [5.41, 5.74) is 0.524. The maximum atomic E-state index is 12.4. The Morgan fingerprint density at radius 3 is 2.74 bits per heavy atom. The SMILES string of the molecule is CCNC(=NCc1cc(Cl)ccc1OC(F)F)NCC1CC1.I. The second-order valence-electron chi connectivity index (χ2n) is 5.15. The van der Waals surface area contributed by atoms with Gasteiger partial charge in [0.1, 0.15) is 5.75 Å². The van der Waals surface area contributed by atoms with Crippen LogP contribution in [0, 0.1) is 5.92 Å². The molecular formula is C15H21ClF2IN3O. The van der Waals surface area contributed by atoms with Gasteiger partial charge in [0.2, 0.25) is 0 Å². The van der Waals surface area contributed by atoms with Gasteiger partial charge in [-0.15, -0.1) is 24.0 Å². The van der Waals surface area contributed by atoms with Crippen LogP contribution in [0.2, 0.25) is 5.02 Å². The minimum atomic E-state index is -2.87. The number of guanidine groups is 1. The van der Waals surface area contributed by atoms with E-state index in [0.29, 0.717) is 22.5 Å². The van der Waals surface area contributed by atoms with E-state index in [1.807, 2.05) is 6.92 Å². The van der Waals surface area contributed by atoms with Crippen LogP contribution in [-0.4, -0.2) is 25.7 Å². The number of rotatable bonds is 7. The van der Waals surface area contributed by atoms with Gasteiger partial charge in [0, 0.05) is 23.7 Å². The van der Waals surface area contributed by atoms with E-state index in [4.69, 9.17) is 11.6 Å². The molecule has 0 radical (unpaired) electrons. The monoisotopic (exact) mass is 459 g/mol. The van der Waals surface area contributed by atoms with Crippen molar-refractivity contribution in [1.82, 2.24) is 10.6 Å². The zero-order chi connectivity index (χ0) is 15.9. The molecule has 1 aromatic rings. The van der Waals surface area contributed by atoms with E-state index in [0.717, 1.165) is 13.1 Å². The summed E-state index contributed by atoms with van der Waals surface area (Å²) < 4.78 is 29.3. The Bertz CT molecular complexity index is 527. The highest BCUT2D eigenvalue weighted by atomic mass is 127. The van der Waals surface area contributed by atoms with Crippen molar-refractivity contribution in [3.63, 3.8) is 0 Å². The molecule has 23 heavy (non-hydrogen) atoms. The van der Waals surface area contributed by atoms with Crippen LogP contribution in [0.5, 0.6) is 5.75 Å². The molecular weight excluding hydrogens is 439 g/mol. The predicted octanol–water partition coefficient (Wildman–Crippen LogP) is 4.02. The van der Waals surface area contributed by atoms with Gasteiger partial charge in [-0.1, -0.05) is 11.6 Å². The molecule has 130 valence electrons. The van der Waals surface area contributed by atoms with Crippen LogP contribution >= 0.6 is 35.6 Å². The number of hydrogen-bond acceptors (Lipinski definition) is 2. The first-order chi connectivity index (χ1) is 10.6. The number of ether oxygens (including phenoxy) is 1. The lowest BCUT2D eigenvalue weighted by atomic mass is 10.2. The minimum absolute atomic E-state index is 0. The number of halogens is 4. The van der Waals surface area contributed by atoms with Crippen LogP contribution in [0.25, 0.3) is 0 Å². The van der Waals surface area contributed by atoms with Crippen molar-refractivity contribution >= 4 is 41.5 Å². The summed E-state index contributed by atoms with van der Waals surface area (Å²) in [6.45, 7) is 0.917. The standard InChI is InChI=1S/C15H20ClF2N3O.HI/c1-2-19-15(20-8-10-3-4-10)21-9-11-7-12(16)5-6-13(11)22-14(17)18;/h5-7,10,14H,2-4,8-9H2,1H3,(H2,19,20,21);1H. The Morgan fingerprint density at radius 1 is 1.39 bits per heavy atom. The molecule has 0 heterocycles. The van der Waals surface area contributed by atoms with E-state index in [1.165, 1.54) is 25.0 Å². The number of nitrogens with zero attached hydrogens (tertiary/aromatic N) is 1. The smallest absolute Gasteiger partial charge is 0.387 e. The van der Waals surface area contributed by atoms with E-state index in [1.54, 1.807) is 6.07 Å². The van der Waals surface area contributed by atoms with Gasteiger partial charge in [-0.05, 0) is 43.9 Å². The third-order valence-electron chi connectivity index (χ3n) is 3.25. The van der Waals surface area contributed by atoms with Crippen LogP contribution in [0.4, 0.5) is 8.78 Å². The maximum Gasteiger partial charge on any atom is 0.387 e. The molecule has 1 aliphatic rings. The van der Waals surface area contributed by atoms with Gasteiger partial charge in [-0.3, -0.25) is 0 Å². The zero-order valence-corrected chi connectivity index (χ0v) is 15.9. The van der Waals surface area contributed by atoms with Crippen LogP contribution in [0.3, 0.4) is 0 Å². The third kappa shape index (κ3) is 7.52. The predicted molar refractivity (Wildman–Crippen MR) is 99.0 cm³/mol. The molecule has 1 saturated carbocycles. The molecule has 1 aliphatic carbocycles. The van der Waals surface area contributed by atoms with E-state index in [9.17, 15) is 8.78 Å². The normalized spacial score (nSPS) is 14.4. The van der Waals surface area contributed by atoms with Crippen LogP contribution in [0.15, 0.2) is 23.2 Å². The van der Waals surface area contributed by atoms with Crippen molar-refractivity contribution in [2.45, 2.75) is 32.9 Å². The van der Waals surface area contributed by atoms with Crippen molar-refractivity contribution in [2.75, 3.05) is 13.1 Å². The van der Waals surface area contributed by atoms with Gasteiger partial charge in [-0.2, -0.15) is 8.78 Å². The zero-order valence-electron chi connectivity index (χ0n) is 12.8. The topological polar surface area (TPSA) is 45.7 Å². The first kappa shape index (κ1) is 20.2. The van der Waals surface area contributed by atoms with Crippen molar-refractivity contribution in [1.29, 1.82) is 0 Å². The van der Waals surface area contributed by atoms with Gasteiger partial charge in [0.15, 0.2) is 5.96 Å². The first-order valence-electron chi connectivity index (χ1n) is 7.34. The van der Waals surface area contributed by atoms with Gasteiger partial charge in [-0.25, -0.2) is 4.99 Å². The van der Waals surface area contributed by atoms with Crippen molar-refractivity contribution in [2.24, 2.45) is 10.9 Å². The average Bonchev–Trinajstić information content (AvgIpc) is 3.28. The van der Waals surface area contributed by atoms with E-state index in [-0.39, 0.29) is 36.3 Å². The lowest BCUT2D eigenvalue weighted by Gasteiger charge is -2.12. The summed E-state index contributed by atoms with van der Waals surface area (Å²) in [6.07, 6.45) is 2.49. The summed E-state index contributed by atoms with van der Waals surface area (Å²) >= 11 is 5.92. The highest BCUT2D eigenvalue weighted by Gasteiger charge is 2.21. The highest BCUT2D eigenvalue weighted by Crippen LogP contribution is 2.27. The van der Waals surface area contributed by atoms with Crippen LogP contribution in [-0.2, 0) is 6.54 Å². The quantitative estimate of drug-likeness (QED) is 0.368. The Kier molecular flexibility index (Phi) is 8.90. The lowest BCUT2D eigenvalue weighted by molar-refractivity contribution is -0.0504. The molecule has 1 fully saturated rings. The second-order valence-corrected chi connectivity index (χ2v) is 5.59. The summed E-state index contributed by atoms with van der Waals surface area (Å²) in [6, 6.07) is 4.54. The molecule has 0 aliphatic heterocycles.